The number of hydrogen-bond acceptors (Lipinski definition) is 4. The van der Waals surface area contributed by atoms with Crippen molar-refractivity contribution in [2.75, 3.05) is 11.5 Å². The van der Waals surface area contributed by atoms with Crippen LogP contribution in [0.4, 0.5) is 0 Å². The summed E-state index contributed by atoms with van der Waals surface area (Å²) in [7, 11) is -3.01. The predicted octanol–water partition coefficient (Wildman–Crippen LogP) is 2.63. The molecule has 1 N–H and O–H groups in total. The van der Waals surface area contributed by atoms with Gasteiger partial charge in [-0.15, -0.1) is 0 Å². The molecular formula is C15H14BrNO4S. The maximum Gasteiger partial charge on any atom is 0.287 e. The van der Waals surface area contributed by atoms with Crippen LogP contribution < -0.4 is 5.32 Å². The van der Waals surface area contributed by atoms with Crippen molar-refractivity contribution in [2.24, 2.45) is 0 Å². The van der Waals surface area contributed by atoms with E-state index in [9.17, 15) is 13.2 Å². The van der Waals surface area contributed by atoms with E-state index in [-0.39, 0.29) is 29.2 Å². The Morgan fingerprint density at radius 2 is 1.91 bits per heavy atom. The number of rotatable bonds is 3. The Labute approximate surface area is 136 Å². The highest BCUT2D eigenvalue weighted by Crippen LogP contribution is 2.24. The van der Waals surface area contributed by atoms with Crippen LogP contribution >= 0.6 is 15.9 Å². The molecular weight excluding hydrogens is 370 g/mol. The molecule has 0 bridgehead atoms. The zero-order chi connectivity index (χ0) is 15.7. The zero-order valence-electron chi connectivity index (χ0n) is 11.6. The summed E-state index contributed by atoms with van der Waals surface area (Å²) in [5, 5.41) is 2.71. The van der Waals surface area contributed by atoms with Gasteiger partial charge in [-0.2, -0.15) is 0 Å². The number of hydrogen-bond donors (Lipinski definition) is 1. The molecule has 0 aliphatic carbocycles. The Kier molecular flexibility index (Phi) is 4.10. The van der Waals surface area contributed by atoms with Crippen LogP contribution in [0.5, 0.6) is 0 Å². The van der Waals surface area contributed by atoms with Crippen LogP contribution in [0.15, 0.2) is 45.3 Å². The van der Waals surface area contributed by atoms with Crippen LogP contribution in [0.25, 0.3) is 11.3 Å². The highest BCUT2D eigenvalue weighted by atomic mass is 79.9. The molecule has 3 rings (SSSR count). The fraction of sp³-hybridized carbons (Fsp3) is 0.267. The molecule has 1 atom stereocenters. The highest BCUT2D eigenvalue weighted by Gasteiger charge is 2.29. The lowest BCUT2D eigenvalue weighted by Gasteiger charge is -2.08. The Hall–Kier alpha value is -1.60. The Bertz CT molecular complexity index is 795. The maximum atomic E-state index is 12.1. The molecule has 1 saturated heterocycles. The van der Waals surface area contributed by atoms with E-state index in [0.29, 0.717) is 12.2 Å². The zero-order valence-corrected chi connectivity index (χ0v) is 14.0. The molecule has 0 spiro atoms. The SMILES string of the molecule is O=C(N[C@@H]1CCS(=O)(=O)C1)c1ccc(-c2ccc(Br)cc2)o1. The number of sulfone groups is 1. The number of halogens is 1. The summed E-state index contributed by atoms with van der Waals surface area (Å²) >= 11 is 3.36. The lowest BCUT2D eigenvalue weighted by atomic mass is 10.2. The first kappa shape index (κ1) is 15.3. The second kappa shape index (κ2) is 5.89. The number of nitrogens with one attached hydrogen (secondary N) is 1. The number of carbonyl (C=O) groups is 1. The van der Waals surface area contributed by atoms with Crippen molar-refractivity contribution in [1.29, 1.82) is 0 Å². The van der Waals surface area contributed by atoms with E-state index < -0.39 is 9.84 Å². The molecule has 0 unspecified atom stereocenters. The van der Waals surface area contributed by atoms with Crippen molar-refractivity contribution in [3.05, 3.63) is 46.6 Å². The molecule has 1 aliphatic rings. The van der Waals surface area contributed by atoms with Crippen LogP contribution in [0, 0.1) is 0 Å². The molecule has 1 amide bonds. The molecule has 7 heteroatoms. The summed E-state index contributed by atoms with van der Waals surface area (Å²) in [6.07, 6.45) is 0.453. The first-order chi connectivity index (χ1) is 10.4. The van der Waals surface area contributed by atoms with Gasteiger partial charge in [0.2, 0.25) is 0 Å². The summed E-state index contributed by atoms with van der Waals surface area (Å²) in [6.45, 7) is 0. The smallest absolute Gasteiger partial charge is 0.287 e. The van der Waals surface area contributed by atoms with Crippen LogP contribution in [0.2, 0.25) is 0 Å². The third kappa shape index (κ3) is 3.41. The first-order valence-electron chi connectivity index (χ1n) is 6.80. The molecule has 1 aromatic carbocycles. The van der Waals surface area contributed by atoms with E-state index in [1.54, 1.807) is 12.1 Å². The molecule has 0 saturated carbocycles. The average Bonchev–Trinajstić information content (AvgIpc) is 3.06. The van der Waals surface area contributed by atoms with Gasteiger partial charge < -0.3 is 9.73 Å². The molecule has 1 fully saturated rings. The third-order valence-corrected chi connectivity index (χ3v) is 5.82. The molecule has 1 aromatic heterocycles. The van der Waals surface area contributed by atoms with E-state index in [2.05, 4.69) is 21.2 Å². The summed E-state index contributed by atoms with van der Waals surface area (Å²) in [5.41, 5.74) is 0.866. The Morgan fingerprint density at radius 1 is 1.18 bits per heavy atom. The largest absolute Gasteiger partial charge is 0.451 e. The number of amides is 1. The Morgan fingerprint density at radius 3 is 2.55 bits per heavy atom. The molecule has 5 nitrogen and oxygen atoms in total. The lowest BCUT2D eigenvalue weighted by Crippen LogP contribution is -2.35. The van der Waals surface area contributed by atoms with E-state index in [1.807, 2.05) is 24.3 Å². The summed E-state index contributed by atoms with van der Waals surface area (Å²) in [4.78, 5) is 12.1. The normalized spacial score (nSPS) is 20.0. The molecule has 2 heterocycles. The quantitative estimate of drug-likeness (QED) is 0.883. The van der Waals surface area contributed by atoms with E-state index in [4.69, 9.17) is 4.42 Å². The average molecular weight is 384 g/mol. The topological polar surface area (TPSA) is 76.4 Å². The number of carbonyl (C=O) groups excluding carboxylic acids is 1. The summed E-state index contributed by atoms with van der Waals surface area (Å²) in [5.74, 6) is 0.517. The van der Waals surface area contributed by atoms with Crippen LogP contribution in [0.3, 0.4) is 0 Å². The predicted molar refractivity (Wildman–Crippen MR) is 86.4 cm³/mol. The summed E-state index contributed by atoms with van der Waals surface area (Å²) in [6, 6.07) is 10.5. The lowest BCUT2D eigenvalue weighted by molar-refractivity contribution is 0.0914. The standard InChI is InChI=1S/C15H14BrNO4S/c16-11-3-1-10(2-4-11)13-5-6-14(21-13)15(18)17-12-7-8-22(19,20)9-12/h1-6,12H,7-9H2,(H,17,18)/t12-/m1/s1. The fourth-order valence-corrected chi connectivity index (χ4v) is 4.33. The van der Waals surface area contributed by atoms with Gasteiger partial charge in [0, 0.05) is 16.1 Å². The van der Waals surface area contributed by atoms with Crippen LogP contribution in [0.1, 0.15) is 17.0 Å². The minimum atomic E-state index is -3.01. The van der Waals surface area contributed by atoms with Gasteiger partial charge in [-0.05, 0) is 30.7 Å². The van der Waals surface area contributed by atoms with E-state index in [0.717, 1.165) is 10.0 Å². The summed E-state index contributed by atoms with van der Waals surface area (Å²) < 4.78 is 29.3. The van der Waals surface area contributed by atoms with Gasteiger partial charge in [0.05, 0.1) is 11.5 Å². The second-order valence-corrected chi connectivity index (χ2v) is 8.39. The van der Waals surface area contributed by atoms with Gasteiger partial charge in [0.15, 0.2) is 15.6 Å². The second-order valence-electron chi connectivity index (χ2n) is 5.24. The van der Waals surface area contributed by atoms with Gasteiger partial charge in [-0.1, -0.05) is 28.1 Å². The number of furan rings is 1. The van der Waals surface area contributed by atoms with E-state index in [1.165, 1.54) is 0 Å². The van der Waals surface area contributed by atoms with Gasteiger partial charge >= 0.3 is 0 Å². The highest BCUT2D eigenvalue weighted by molar-refractivity contribution is 9.10. The van der Waals surface area contributed by atoms with Gasteiger partial charge in [-0.3, -0.25) is 4.79 Å². The van der Waals surface area contributed by atoms with Gasteiger partial charge in [0.25, 0.3) is 5.91 Å². The molecule has 116 valence electrons. The molecule has 2 aromatic rings. The van der Waals surface area contributed by atoms with Crippen molar-refractivity contribution < 1.29 is 17.6 Å². The molecule has 0 radical (unpaired) electrons. The van der Waals surface area contributed by atoms with Crippen molar-refractivity contribution >= 4 is 31.7 Å². The maximum absolute atomic E-state index is 12.1. The monoisotopic (exact) mass is 383 g/mol. The van der Waals surface area contributed by atoms with Crippen molar-refractivity contribution in [1.82, 2.24) is 5.32 Å². The van der Waals surface area contributed by atoms with Crippen molar-refractivity contribution in [3.63, 3.8) is 0 Å². The van der Waals surface area contributed by atoms with Crippen molar-refractivity contribution in [2.45, 2.75) is 12.5 Å². The third-order valence-electron chi connectivity index (χ3n) is 3.53. The molecule has 1 aliphatic heterocycles. The van der Waals surface area contributed by atoms with Gasteiger partial charge in [0.1, 0.15) is 5.76 Å². The van der Waals surface area contributed by atoms with Crippen LogP contribution in [-0.2, 0) is 9.84 Å². The van der Waals surface area contributed by atoms with Crippen molar-refractivity contribution in [3.8, 4) is 11.3 Å². The van der Waals surface area contributed by atoms with E-state index >= 15 is 0 Å². The first-order valence-corrected chi connectivity index (χ1v) is 9.41. The van der Waals surface area contributed by atoms with Crippen LogP contribution in [-0.4, -0.2) is 31.9 Å². The number of benzene rings is 1. The minimum absolute atomic E-state index is 0.000974. The van der Waals surface area contributed by atoms with Gasteiger partial charge in [-0.25, -0.2) is 8.42 Å². The Balaban J connectivity index is 1.71. The minimum Gasteiger partial charge on any atom is -0.451 e. The molecule has 22 heavy (non-hydrogen) atoms. The fourth-order valence-electron chi connectivity index (χ4n) is 2.39.